The van der Waals surface area contributed by atoms with Crippen molar-refractivity contribution in [1.29, 1.82) is 0 Å². The topological polar surface area (TPSA) is 3.24 Å². The van der Waals surface area contributed by atoms with Gasteiger partial charge in [-0.1, -0.05) is 29.7 Å². The molecule has 0 aromatic rings. The van der Waals surface area contributed by atoms with Crippen LogP contribution in [0.25, 0.3) is 0 Å². The van der Waals surface area contributed by atoms with E-state index >= 15 is 0 Å². The molecule has 1 nitrogen and oxygen atoms in total. The van der Waals surface area contributed by atoms with E-state index in [2.05, 4.69) is 37.2 Å². The van der Waals surface area contributed by atoms with Crippen molar-refractivity contribution >= 4 is 11.6 Å². The number of rotatable bonds is 4. The molecule has 3 rings (SSSR count). The quantitative estimate of drug-likeness (QED) is 0.722. The van der Waals surface area contributed by atoms with Crippen LogP contribution in [0.3, 0.4) is 0 Å². The number of nitrogens with zero attached hydrogens (tertiary/aromatic N) is 1. The fraction of sp³-hybridized carbons (Fsp3) is 0.667. The molecule has 20 heavy (non-hydrogen) atoms. The summed E-state index contributed by atoms with van der Waals surface area (Å²) in [5.74, 6) is 2.37. The van der Waals surface area contributed by atoms with E-state index in [1.54, 1.807) is 11.1 Å². The summed E-state index contributed by atoms with van der Waals surface area (Å²) in [6, 6.07) is 0. The highest BCUT2D eigenvalue weighted by atomic mass is 35.5. The maximum atomic E-state index is 6.27. The Morgan fingerprint density at radius 2 is 2.15 bits per heavy atom. The molecular weight excluding hydrogens is 266 g/mol. The summed E-state index contributed by atoms with van der Waals surface area (Å²) in [5, 5.41) is 0.918. The third kappa shape index (κ3) is 2.89. The van der Waals surface area contributed by atoms with Gasteiger partial charge in [-0.15, -0.1) is 0 Å². The van der Waals surface area contributed by atoms with E-state index in [0.717, 1.165) is 16.9 Å². The van der Waals surface area contributed by atoms with Crippen molar-refractivity contribution < 1.29 is 0 Å². The Morgan fingerprint density at radius 3 is 2.95 bits per heavy atom. The molecule has 0 radical (unpaired) electrons. The fourth-order valence-corrected chi connectivity index (χ4v) is 4.54. The van der Waals surface area contributed by atoms with E-state index in [1.807, 2.05) is 0 Å². The zero-order valence-electron chi connectivity index (χ0n) is 12.7. The Bertz CT molecular complexity index is 458. The standard InChI is InChI=1S/C18H26ClN/c1-20(2)10-4-7-16-13-5-3-6-14(11-13)17-9-8-15(19)12-18(16)17/h8-9,12-14,17H,3-7,10-11H2,1-2H3. The lowest BCUT2D eigenvalue weighted by atomic mass is 9.62. The van der Waals surface area contributed by atoms with Gasteiger partial charge in [0.15, 0.2) is 0 Å². The largest absolute Gasteiger partial charge is 0.309 e. The van der Waals surface area contributed by atoms with Gasteiger partial charge < -0.3 is 4.90 Å². The van der Waals surface area contributed by atoms with Crippen molar-refractivity contribution in [3.05, 3.63) is 34.4 Å². The van der Waals surface area contributed by atoms with Gasteiger partial charge in [0.2, 0.25) is 0 Å². The van der Waals surface area contributed by atoms with Crippen LogP contribution in [-0.4, -0.2) is 25.5 Å². The Morgan fingerprint density at radius 1 is 1.30 bits per heavy atom. The van der Waals surface area contributed by atoms with E-state index in [0.29, 0.717) is 5.92 Å². The van der Waals surface area contributed by atoms with Crippen LogP contribution in [0.2, 0.25) is 0 Å². The van der Waals surface area contributed by atoms with Crippen molar-refractivity contribution in [2.24, 2.45) is 17.8 Å². The molecule has 2 bridgehead atoms. The van der Waals surface area contributed by atoms with Crippen molar-refractivity contribution in [3.63, 3.8) is 0 Å². The first-order valence-corrected chi connectivity index (χ1v) is 8.46. The van der Waals surface area contributed by atoms with Crippen LogP contribution in [0.1, 0.15) is 38.5 Å². The molecule has 0 saturated heterocycles. The lowest BCUT2D eigenvalue weighted by molar-refractivity contribution is 0.230. The maximum absolute atomic E-state index is 6.27. The summed E-state index contributed by atoms with van der Waals surface area (Å²) in [5.41, 5.74) is 3.31. The third-order valence-corrected chi connectivity index (χ3v) is 5.49. The highest BCUT2D eigenvalue weighted by Crippen LogP contribution is 2.50. The molecule has 110 valence electrons. The van der Waals surface area contributed by atoms with Crippen molar-refractivity contribution in [2.75, 3.05) is 20.6 Å². The van der Waals surface area contributed by atoms with Crippen LogP contribution in [0.4, 0.5) is 0 Å². The van der Waals surface area contributed by atoms with E-state index in [9.17, 15) is 0 Å². The maximum Gasteiger partial charge on any atom is 0.0405 e. The minimum absolute atomic E-state index is 0.656. The third-order valence-electron chi connectivity index (χ3n) is 5.25. The predicted molar refractivity (Wildman–Crippen MR) is 86.8 cm³/mol. The molecule has 0 heterocycles. The number of hydrogen-bond acceptors (Lipinski definition) is 1. The Hall–Kier alpha value is -0.530. The average Bonchev–Trinajstić information content (AvgIpc) is 2.42. The number of halogens is 1. The number of fused-ring (bicyclic) bond motifs is 4. The fourth-order valence-electron chi connectivity index (χ4n) is 4.35. The number of allylic oxidation sites excluding steroid dienone is 6. The molecule has 0 N–H and O–H groups in total. The van der Waals surface area contributed by atoms with Gasteiger partial charge in [-0.05, 0) is 82.3 Å². The van der Waals surface area contributed by atoms with E-state index in [-0.39, 0.29) is 0 Å². The SMILES string of the molecule is CN(C)CCCC1=C2C=C(Cl)C=CC2C2CCCC1C2. The molecule has 3 unspecified atom stereocenters. The van der Waals surface area contributed by atoms with E-state index < -0.39 is 0 Å². The van der Waals surface area contributed by atoms with Gasteiger partial charge in [-0.2, -0.15) is 0 Å². The minimum Gasteiger partial charge on any atom is -0.309 e. The van der Waals surface area contributed by atoms with Crippen LogP contribution in [0, 0.1) is 17.8 Å². The summed E-state index contributed by atoms with van der Waals surface area (Å²) in [7, 11) is 4.33. The van der Waals surface area contributed by atoms with Gasteiger partial charge in [-0.25, -0.2) is 0 Å². The van der Waals surface area contributed by atoms with Crippen molar-refractivity contribution in [3.8, 4) is 0 Å². The van der Waals surface area contributed by atoms with Crippen LogP contribution < -0.4 is 0 Å². The Balaban J connectivity index is 1.85. The average molecular weight is 292 g/mol. The molecule has 2 heteroatoms. The summed E-state index contributed by atoms with van der Waals surface area (Å²) < 4.78 is 0. The Kier molecular flexibility index (Phi) is 4.37. The van der Waals surface area contributed by atoms with Crippen molar-refractivity contribution in [1.82, 2.24) is 4.90 Å². The molecule has 0 aliphatic heterocycles. The highest BCUT2D eigenvalue weighted by molar-refractivity contribution is 6.31. The summed E-state index contributed by atoms with van der Waals surface area (Å²) in [4.78, 5) is 2.29. The molecular formula is C18H26ClN. The molecule has 1 saturated carbocycles. The summed E-state index contributed by atoms with van der Waals surface area (Å²) in [6.45, 7) is 1.19. The van der Waals surface area contributed by atoms with Gasteiger partial charge in [0.1, 0.15) is 0 Å². The predicted octanol–water partition coefficient (Wildman–Crippen LogP) is 4.75. The smallest absolute Gasteiger partial charge is 0.0405 e. The molecule has 3 atom stereocenters. The highest BCUT2D eigenvalue weighted by Gasteiger charge is 2.37. The van der Waals surface area contributed by atoms with Crippen LogP contribution >= 0.6 is 11.6 Å². The van der Waals surface area contributed by atoms with Gasteiger partial charge in [0.25, 0.3) is 0 Å². The second-order valence-corrected chi connectivity index (χ2v) is 7.36. The lowest BCUT2D eigenvalue weighted by Gasteiger charge is -2.43. The van der Waals surface area contributed by atoms with Crippen LogP contribution in [0.5, 0.6) is 0 Å². The summed E-state index contributed by atoms with van der Waals surface area (Å²) in [6.07, 6.45) is 14.9. The monoisotopic (exact) mass is 291 g/mol. The number of hydrogen-bond donors (Lipinski definition) is 0. The molecule has 0 aromatic heterocycles. The van der Waals surface area contributed by atoms with E-state index in [1.165, 1.54) is 45.1 Å². The Labute approximate surface area is 128 Å². The van der Waals surface area contributed by atoms with Gasteiger partial charge >= 0.3 is 0 Å². The van der Waals surface area contributed by atoms with Crippen molar-refractivity contribution in [2.45, 2.75) is 38.5 Å². The second-order valence-electron chi connectivity index (χ2n) is 6.93. The second kappa shape index (κ2) is 6.07. The molecule has 1 fully saturated rings. The minimum atomic E-state index is 0.656. The van der Waals surface area contributed by atoms with E-state index in [4.69, 9.17) is 11.6 Å². The first kappa shape index (κ1) is 14.4. The summed E-state index contributed by atoms with van der Waals surface area (Å²) >= 11 is 6.27. The van der Waals surface area contributed by atoms with Crippen LogP contribution in [0.15, 0.2) is 34.4 Å². The van der Waals surface area contributed by atoms with Gasteiger partial charge in [0.05, 0.1) is 0 Å². The molecule has 0 spiro atoms. The van der Waals surface area contributed by atoms with Gasteiger partial charge in [-0.3, -0.25) is 0 Å². The molecule has 0 amide bonds. The normalized spacial score (nSPS) is 32.4. The first-order valence-electron chi connectivity index (χ1n) is 8.08. The zero-order valence-corrected chi connectivity index (χ0v) is 13.5. The van der Waals surface area contributed by atoms with Crippen LogP contribution in [-0.2, 0) is 0 Å². The van der Waals surface area contributed by atoms with Gasteiger partial charge in [0, 0.05) is 11.0 Å². The first-order chi connectivity index (χ1) is 9.65. The zero-order chi connectivity index (χ0) is 14.1. The lowest BCUT2D eigenvalue weighted by Crippen LogP contribution is -2.31. The molecule has 3 aliphatic carbocycles. The molecule has 3 aliphatic rings. The molecule has 0 aromatic carbocycles.